The Morgan fingerprint density at radius 2 is 1.61 bits per heavy atom. The quantitative estimate of drug-likeness (QED) is 0.241. The summed E-state index contributed by atoms with van der Waals surface area (Å²) in [5.41, 5.74) is 12.2. The van der Waals surface area contributed by atoms with Gasteiger partial charge in [-0.05, 0) is 19.8 Å². The van der Waals surface area contributed by atoms with Crippen molar-refractivity contribution < 1.29 is 39.3 Å². The molecule has 2 unspecified atom stereocenters. The van der Waals surface area contributed by atoms with Gasteiger partial charge < -0.3 is 31.6 Å². The number of primary amides is 1. The van der Waals surface area contributed by atoms with Gasteiger partial charge in [0.25, 0.3) is 0 Å². The molecule has 0 aliphatic rings. The zero-order chi connectivity index (χ0) is 18.4. The lowest BCUT2D eigenvalue weighted by Gasteiger charge is -2.11. The molecular formula is C12H23N3O8. The average Bonchev–Trinajstić information content (AvgIpc) is 2.44. The Labute approximate surface area is 132 Å². The smallest absolute Gasteiger partial charge is 0.323 e. The first-order chi connectivity index (χ1) is 10.6. The van der Waals surface area contributed by atoms with Gasteiger partial charge in [0.2, 0.25) is 5.91 Å². The zero-order valence-corrected chi connectivity index (χ0v) is 12.7. The number of carboxylic acids is 3. The van der Waals surface area contributed by atoms with Gasteiger partial charge >= 0.3 is 17.9 Å². The van der Waals surface area contributed by atoms with Crippen molar-refractivity contribution in [3.05, 3.63) is 0 Å². The summed E-state index contributed by atoms with van der Waals surface area (Å²) in [4.78, 5) is 45.5. The fraction of sp³-hybridized carbons (Fsp3) is 0.667. The fourth-order valence-electron chi connectivity index (χ4n) is 1.11. The molecule has 0 aromatic rings. The molecule has 0 aromatic carbocycles. The molecule has 0 heterocycles. The first-order valence-electron chi connectivity index (χ1n) is 6.70. The number of hydrogen-bond donors (Lipinski definition) is 6. The lowest BCUT2D eigenvalue weighted by atomic mass is 10.1. The van der Waals surface area contributed by atoms with Gasteiger partial charge in [0.15, 0.2) is 0 Å². The largest absolute Gasteiger partial charge is 0.481 e. The van der Waals surface area contributed by atoms with Gasteiger partial charge in [-0.1, -0.05) is 0 Å². The molecule has 134 valence electrons. The first kappa shape index (κ1) is 23.0. The second-order valence-corrected chi connectivity index (χ2v) is 4.32. The molecule has 1 amide bonds. The second kappa shape index (κ2) is 13.4. The number of rotatable bonds is 11. The summed E-state index contributed by atoms with van der Waals surface area (Å²) < 4.78 is 0. The molecule has 2 atom stereocenters. The number of nitrogens with two attached hydrogens (primary N) is 2. The van der Waals surface area contributed by atoms with E-state index in [0.717, 1.165) is 0 Å². The van der Waals surface area contributed by atoms with Crippen LogP contribution in [0.25, 0.3) is 0 Å². The van der Waals surface area contributed by atoms with E-state index in [4.69, 9.17) is 31.6 Å². The Morgan fingerprint density at radius 3 is 1.96 bits per heavy atom. The third kappa shape index (κ3) is 16.0. The maximum absolute atomic E-state index is 10.5. The van der Waals surface area contributed by atoms with Crippen LogP contribution in [0.5, 0.6) is 0 Å². The molecule has 0 aliphatic heterocycles. The van der Waals surface area contributed by atoms with Gasteiger partial charge in [0, 0.05) is 12.8 Å². The second-order valence-electron chi connectivity index (χ2n) is 4.32. The number of hydrogen-bond acceptors (Lipinski definition) is 7. The third-order valence-corrected chi connectivity index (χ3v) is 2.33. The molecule has 0 fully saturated rings. The molecular weight excluding hydrogens is 314 g/mol. The van der Waals surface area contributed by atoms with E-state index in [-0.39, 0.29) is 25.7 Å². The summed E-state index contributed by atoms with van der Waals surface area (Å²) >= 11 is 0. The minimum atomic E-state index is -1.17. The molecule has 0 bridgehead atoms. The molecule has 0 rings (SSSR count). The Hall–Kier alpha value is -2.24. The van der Waals surface area contributed by atoms with Gasteiger partial charge in [-0.15, -0.1) is 0 Å². The molecule has 0 radical (unpaired) electrons. The van der Waals surface area contributed by atoms with E-state index in [0.29, 0.717) is 6.61 Å². The molecule has 0 aromatic heterocycles. The van der Waals surface area contributed by atoms with Gasteiger partial charge in [-0.2, -0.15) is 5.48 Å². The number of carbonyl (C=O) groups is 4. The number of carbonyl (C=O) groups excluding carboxylic acids is 1. The standard InChI is InChI=1S/C7H14N2O4.C5H9NO4/c1-2-13-9-5(7(11)12)3-4-6(8)10;6-3(5(9)10)1-2-4(7)8/h5,9H,2-4H2,1H3,(H2,8,10)(H,11,12);3H,1-2,6H2,(H,7,8)(H,9,10). The predicted molar refractivity (Wildman–Crippen MR) is 77.1 cm³/mol. The highest BCUT2D eigenvalue weighted by atomic mass is 16.6. The summed E-state index contributed by atoms with van der Waals surface area (Å²) in [6.07, 6.45) is -0.0696. The lowest BCUT2D eigenvalue weighted by Crippen LogP contribution is -2.37. The summed E-state index contributed by atoms with van der Waals surface area (Å²) in [5, 5.41) is 24.9. The number of carboxylic acid groups (broad SMARTS) is 3. The first-order valence-corrected chi connectivity index (χ1v) is 6.70. The van der Waals surface area contributed by atoms with E-state index >= 15 is 0 Å². The van der Waals surface area contributed by atoms with E-state index < -0.39 is 35.9 Å². The Kier molecular flexibility index (Phi) is 13.4. The highest BCUT2D eigenvalue weighted by molar-refractivity contribution is 5.77. The molecule has 8 N–H and O–H groups in total. The van der Waals surface area contributed by atoms with Crippen molar-refractivity contribution in [2.24, 2.45) is 11.5 Å². The van der Waals surface area contributed by atoms with Crippen molar-refractivity contribution in [3.8, 4) is 0 Å². The van der Waals surface area contributed by atoms with Crippen LogP contribution in [0, 0.1) is 0 Å². The zero-order valence-electron chi connectivity index (χ0n) is 12.7. The van der Waals surface area contributed by atoms with Crippen LogP contribution < -0.4 is 16.9 Å². The van der Waals surface area contributed by atoms with E-state index in [1.54, 1.807) is 6.92 Å². The van der Waals surface area contributed by atoms with Crippen LogP contribution in [0.15, 0.2) is 0 Å². The Morgan fingerprint density at radius 1 is 1.04 bits per heavy atom. The number of aliphatic carboxylic acids is 3. The molecule has 0 saturated heterocycles. The van der Waals surface area contributed by atoms with E-state index in [1.165, 1.54) is 0 Å². The average molecular weight is 337 g/mol. The molecule has 0 spiro atoms. The highest BCUT2D eigenvalue weighted by Crippen LogP contribution is 1.97. The maximum Gasteiger partial charge on any atom is 0.323 e. The van der Waals surface area contributed by atoms with Crippen LogP contribution in [0.1, 0.15) is 32.6 Å². The van der Waals surface area contributed by atoms with Crippen molar-refractivity contribution >= 4 is 23.8 Å². The molecule has 23 heavy (non-hydrogen) atoms. The fourth-order valence-corrected chi connectivity index (χ4v) is 1.11. The van der Waals surface area contributed by atoms with Crippen LogP contribution >= 0.6 is 0 Å². The normalized spacial score (nSPS) is 12.4. The van der Waals surface area contributed by atoms with Crippen LogP contribution in [-0.4, -0.2) is 57.8 Å². The van der Waals surface area contributed by atoms with Gasteiger partial charge in [-0.3, -0.25) is 19.2 Å². The van der Waals surface area contributed by atoms with Gasteiger partial charge in [0.05, 0.1) is 6.61 Å². The number of amides is 1. The lowest BCUT2D eigenvalue weighted by molar-refractivity contribution is -0.144. The number of hydroxylamine groups is 1. The predicted octanol–water partition coefficient (Wildman–Crippen LogP) is -1.49. The van der Waals surface area contributed by atoms with Crippen molar-refractivity contribution in [1.82, 2.24) is 5.48 Å². The topological polar surface area (TPSA) is 202 Å². The molecule has 11 heteroatoms. The summed E-state index contributed by atoms with van der Waals surface area (Å²) in [5.74, 6) is -3.78. The summed E-state index contributed by atoms with van der Waals surface area (Å²) in [6, 6.07) is -1.94. The minimum absolute atomic E-state index is 0.0231. The SMILES string of the molecule is CCONC(CCC(N)=O)C(=O)O.NC(CCC(=O)O)C(=O)O. The number of nitrogens with one attached hydrogen (secondary N) is 1. The Bertz CT molecular complexity index is 402. The van der Waals surface area contributed by atoms with Crippen molar-refractivity contribution in [2.45, 2.75) is 44.7 Å². The molecule has 0 aliphatic carbocycles. The maximum atomic E-state index is 10.5. The molecule has 11 nitrogen and oxygen atoms in total. The van der Waals surface area contributed by atoms with E-state index in [1.807, 2.05) is 0 Å². The van der Waals surface area contributed by atoms with Gasteiger partial charge in [0.1, 0.15) is 12.1 Å². The van der Waals surface area contributed by atoms with Crippen molar-refractivity contribution in [1.29, 1.82) is 0 Å². The summed E-state index contributed by atoms with van der Waals surface area (Å²) in [6.45, 7) is 2.08. The van der Waals surface area contributed by atoms with Crippen LogP contribution in [0.2, 0.25) is 0 Å². The van der Waals surface area contributed by atoms with E-state index in [2.05, 4.69) is 5.48 Å². The summed E-state index contributed by atoms with van der Waals surface area (Å²) in [7, 11) is 0. The monoisotopic (exact) mass is 337 g/mol. The van der Waals surface area contributed by atoms with Crippen LogP contribution in [-0.2, 0) is 24.0 Å². The Balaban J connectivity index is 0. The van der Waals surface area contributed by atoms with E-state index in [9.17, 15) is 19.2 Å². The van der Waals surface area contributed by atoms with Crippen molar-refractivity contribution in [2.75, 3.05) is 6.61 Å². The highest BCUT2D eigenvalue weighted by Gasteiger charge is 2.17. The van der Waals surface area contributed by atoms with Crippen LogP contribution in [0.3, 0.4) is 0 Å². The van der Waals surface area contributed by atoms with Gasteiger partial charge in [-0.25, -0.2) is 0 Å². The minimum Gasteiger partial charge on any atom is -0.481 e. The molecule has 0 saturated carbocycles. The third-order valence-electron chi connectivity index (χ3n) is 2.33. The van der Waals surface area contributed by atoms with Crippen LogP contribution in [0.4, 0.5) is 0 Å². The van der Waals surface area contributed by atoms with Crippen molar-refractivity contribution in [3.63, 3.8) is 0 Å².